The summed E-state index contributed by atoms with van der Waals surface area (Å²) in [7, 11) is 4.49. The van der Waals surface area contributed by atoms with Crippen LogP contribution in [0, 0.1) is 5.82 Å². The van der Waals surface area contributed by atoms with Gasteiger partial charge in [0.25, 0.3) is 0 Å². The molecule has 7 heteroatoms. The molecule has 0 aromatic heterocycles. The van der Waals surface area contributed by atoms with E-state index < -0.39 is 11.8 Å². The van der Waals surface area contributed by atoms with Crippen LogP contribution in [0.15, 0.2) is 36.4 Å². The van der Waals surface area contributed by atoms with Gasteiger partial charge in [-0.2, -0.15) is 0 Å². The largest absolute Gasteiger partial charge is 0.497 e. The van der Waals surface area contributed by atoms with Crippen LogP contribution in [0.2, 0.25) is 0 Å². The van der Waals surface area contributed by atoms with Crippen molar-refractivity contribution in [2.24, 2.45) is 0 Å². The number of rotatable bonds is 6. The van der Waals surface area contributed by atoms with Gasteiger partial charge in [-0.3, -0.25) is 0 Å². The summed E-state index contributed by atoms with van der Waals surface area (Å²) in [6.07, 6.45) is 0. The number of hydrogen-bond donors (Lipinski definition) is 2. The number of urea groups is 1. The lowest BCUT2D eigenvalue weighted by Crippen LogP contribution is -2.31. The molecule has 25 heavy (non-hydrogen) atoms. The third-order valence-corrected chi connectivity index (χ3v) is 3.66. The molecule has 6 nitrogen and oxygen atoms in total. The third-order valence-electron chi connectivity index (χ3n) is 3.66. The van der Waals surface area contributed by atoms with Gasteiger partial charge in [0, 0.05) is 17.3 Å². The Morgan fingerprint density at radius 2 is 1.68 bits per heavy atom. The fourth-order valence-corrected chi connectivity index (χ4v) is 2.36. The average molecular weight is 348 g/mol. The molecule has 0 aliphatic carbocycles. The molecule has 1 unspecified atom stereocenters. The number of amides is 2. The van der Waals surface area contributed by atoms with Crippen molar-refractivity contribution in [3.63, 3.8) is 0 Å². The molecule has 0 bridgehead atoms. The highest BCUT2D eigenvalue weighted by Crippen LogP contribution is 2.29. The summed E-state index contributed by atoms with van der Waals surface area (Å²) in [6.45, 7) is 1.81. The first-order valence-electron chi connectivity index (χ1n) is 7.61. The maximum Gasteiger partial charge on any atom is 0.319 e. The summed E-state index contributed by atoms with van der Waals surface area (Å²) < 4.78 is 29.0. The SMILES string of the molecule is COc1ccc(OC)c(C(C)NC(=O)Nc2ccc(OC)c(F)c2)c1. The van der Waals surface area contributed by atoms with Crippen molar-refractivity contribution in [3.8, 4) is 17.2 Å². The van der Waals surface area contributed by atoms with Crippen molar-refractivity contribution in [2.75, 3.05) is 26.6 Å². The minimum Gasteiger partial charge on any atom is -0.497 e. The van der Waals surface area contributed by atoms with Gasteiger partial charge in [0.15, 0.2) is 11.6 Å². The lowest BCUT2D eigenvalue weighted by molar-refractivity contribution is 0.249. The summed E-state index contributed by atoms with van der Waals surface area (Å²) >= 11 is 0. The number of ether oxygens (including phenoxy) is 3. The molecule has 2 aromatic rings. The predicted octanol–water partition coefficient (Wildman–Crippen LogP) is 3.73. The standard InChI is InChI=1S/C18H21FN2O4/c1-11(14-10-13(23-2)6-8-16(14)24-3)20-18(22)21-12-5-7-17(25-4)15(19)9-12/h5-11H,1-4H3,(H2,20,21,22). The Bertz CT molecular complexity index is 752. The number of carbonyl (C=O) groups is 1. The van der Waals surface area contributed by atoms with Crippen molar-refractivity contribution < 1.29 is 23.4 Å². The molecule has 0 aliphatic heterocycles. The molecule has 0 saturated carbocycles. The third kappa shape index (κ3) is 4.53. The molecule has 0 radical (unpaired) electrons. The van der Waals surface area contributed by atoms with E-state index in [0.29, 0.717) is 17.2 Å². The molecule has 1 atom stereocenters. The van der Waals surface area contributed by atoms with Crippen LogP contribution in [0.5, 0.6) is 17.2 Å². The number of hydrogen-bond acceptors (Lipinski definition) is 4. The van der Waals surface area contributed by atoms with E-state index in [1.807, 2.05) is 6.92 Å². The van der Waals surface area contributed by atoms with Crippen LogP contribution in [-0.2, 0) is 0 Å². The van der Waals surface area contributed by atoms with Crippen LogP contribution in [0.25, 0.3) is 0 Å². The average Bonchev–Trinajstić information content (AvgIpc) is 2.61. The van der Waals surface area contributed by atoms with Crippen LogP contribution in [-0.4, -0.2) is 27.4 Å². The lowest BCUT2D eigenvalue weighted by Gasteiger charge is -2.18. The predicted molar refractivity (Wildman–Crippen MR) is 93.1 cm³/mol. The first kappa shape index (κ1) is 18.4. The van der Waals surface area contributed by atoms with Gasteiger partial charge in [-0.1, -0.05) is 0 Å². The van der Waals surface area contributed by atoms with Crippen molar-refractivity contribution in [3.05, 3.63) is 47.8 Å². The first-order valence-corrected chi connectivity index (χ1v) is 7.61. The van der Waals surface area contributed by atoms with Crippen molar-refractivity contribution in [1.29, 1.82) is 0 Å². The highest BCUT2D eigenvalue weighted by molar-refractivity contribution is 5.89. The van der Waals surface area contributed by atoms with Crippen molar-refractivity contribution in [2.45, 2.75) is 13.0 Å². The van der Waals surface area contributed by atoms with Gasteiger partial charge in [0.05, 0.1) is 27.4 Å². The molecule has 0 heterocycles. The van der Waals surface area contributed by atoms with E-state index in [0.717, 1.165) is 5.56 Å². The summed E-state index contributed by atoms with van der Waals surface area (Å²) in [5.41, 5.74) is 1.08. The Balaban J connectivity index is 2.08. The topological polar surface area (TPSA) is 68.8 Å². The molecular formula is C18H21FN2O4. The van der Waals surface area contributed by atoms with Crippen molar-refractivity contribution in [1.82, 2.24) is 5.32 Å². The maximum atomic E-state index is 13.7. The van der Waals surface area contributed by atoms with Gasteiger partial charge in [0.1, 0.15) is 11.5 Å². The van der Waals surface area contributed by atoms with E-state index in [4.69, 9.17) is 14.2 Å². The number of nitrogens with one attached hydrogen (secondary N) is 2. The van der Waals surface area contributed by atoms with Crippen LogP contribution in [0.4, 0.5) is 14.9 Å². The van der Waals surface area contributed by atoms with Gasteiger partial charge in [-0.15, -0.1) is 0 Å². The van der Waals surface area contributed by atoms with Crippen LogP contribution in [0.1, 0.15) is 18.5 Å². The molecule has 2 amide bonds. The van der Waals surface area contributed by atoms with Crippen LogP contribution < -0.4 is 24.8 Å². The van der Waals surface area contributed by atoms with E-state index in [-0.39, 0.29) is 11.8 Å². The van der Waals surface area contributed by atoms with E-state index >= 15 is 0 Å². The second kappa shape index (κ2) is 8.23. The Labute approximate surface area is 145 Å². The molecule has 2 N–H and O–H groups in total. The Hall–Kier alpha value is -2.96. The summed E-state index contributed by atoms with van der Waals surface area (Å²) in [5, 5.41) is 5.36. The maximum absolute atomic E-state index is 13.7. The van der Waals surface area contributed by atoms with Gasteiger partial charge < -0.3 is 24.8 Å². The molecule has 0 spiro atoms. The number of anilines is 1. The van der Waals surface area contributed by atoms with Gasteiger partial charge >= 0.3 is 6.03 Å². The summed E-state index contributed by atoms with van der Waals surface area (Å²) in [5.74, 6) is 0.842. The minimum absolute atomic E-state index is 0.112. The Morgan fingerprint density at radius 1 is 1.00 bits per heavy atom. The molecular weight excluding hydrogens is 327 g/mol. The molecule has 0 saturated heterocycles. The second-order valence-electron chi connectivity index (χ2n) is 5.28. The fourth-order valence-electron chi connectivity index (χ4n) is 2.36. The monoisotopic (exact) mass is 348 g/mol. The zero-order valence-electron chi connectivity index (χ0n) is 14.6. The first-order chi connectivity index (χ1) is 12.0. The van der Waals surface area contributed by atoms with Crippen LogP contribution in [0.3, 0.4) is 0 Å². The quantitative estimate of drug-likeness (QED) is 0.834. The van der Waals surface area contributed by atoms with E-state index in [1.54, 1.807) is 38.5 Å². The Kier molecular flexibility index (Phi) is 6.05. The van der Waals surface area contributed by atoms with Gasteiger partial charge in [-0.05, 0) is 37.3 Å². The normalized spacial score (nSPS) is 11.4. The highest BCUT2D eigenvalue weighted by Gasteiger charge is 2.16. The van der Waals surface area contributed by atoms with E-state index in [2.05, 4.69) is 10.6 Å². The minimum atomic E-state index is -0.553. The van der Waals surface area contributed by atoms with Gasteiger partial charge in [0.2, 0.25) is 0 Å². The van der Waals surface area contributed by atoms with Crippen LogP contribution >= 0.6 is 0 Å². The number of benzene rings is 2. The molecule has 134 valence electrons. The zero-order valence-corrected chi connectivity index (χ0v) is 14.6. The smallest absolute Gasteiger partial charge is 0.319 e. The second-order valence-corrected chi connectivity index (χ2v) is 5.28. The fraction of sp³-hybridized carbons (Fsp3) is 0.278. The number of carbonyl (C=O) groups excluding carboxylic acids is 1. The van der Waals surface area contributed by atoms with E-state index in [9.17, 15) is 9.18 Å². The highest BCUT2D eigenvalue weighted by atomic mass is 19.1. The molecule has 2 rings (SSSR count). The van der Waals surface area contributed by atoms with Crippen molar-refractivity contribution >= 4 is 11.7 Å². The molecule has 2 aromatic carbocycles. The Morgan fingerprint density at radius 3 is 2.28 bits per heavy atom. The molecule has 0 fully saturated rings. The lowest BCUT2D eigenvalue weighted by atomic mass is 10.1. The number of halogens is 1. The summed E-state index contributed by atoms with van der Waals surface area (Å²) in [4.78, 5) is 12.2. The summed E-state index contributed by atoms with van der Waals surface area (Å²) in [6, 6.07) is 8.69. The van der Waals surface area contributed by atoms with E-state index in [1.165, 1.54) is 19.2 Å². The van der Waals surface area contributed by atoms with Gasteiger partial charge in [-0.25, -0.2) is 9.18 Å². The zero-order chi connectivity index (χ0) is 18.4. The molecule has 0 aliphatic rings. The number of methoxy groups -OCH3 is 3.